The molecule has 0 saturated carbocycles. The van der Waals surface area contributed by atoms with Gasteiger partial charge < -0.3 is 10.2 Å². The molecule has 0 aliphatic carbocycles. The Balaban J connectivity index is 1.86. The fourth-order valence-corrected chi connectivity index (χ4v) is 4.19. The molecular weight excluding hydrogens is 344 g/mol. The Morgan fingerprint density at radius 2 is 0.964 bits per heavy atom. The number of aliphatic hydroxyl groups is 2. The van der Waals surface area contributed by atoms with Crippen LogP contribution >= 0.6 is 0 Å². The van der Waals surface area contributed by atoms with Gasteiger partial charge in [0, 0.05) is 13.2 Å². The first-order valence-corrected chi connectivity index (χ1v) is 10.4. The lowest BCUT2D eigenvalue weighted by atomic mass is 9.91. The summed E-state index contributed by atoms with van der Waals surface area (Å²) in [7, 11) is 0. The van der Waals surface area contributed by atoms with Crippen molar-refractivity contribution in [1.29, 1.82) is 0 Å². The second-order valence-corrected chi connectivity index (χ2v) is 7.69. The van der Waals surface area contributed by atoms with Gasteiger partial charge in [-0.3, -0.25) is 0 Å². The van der Waals surface area contributed by atoms with E-state index in [1.54, 1.807) is 0 Å². The highest BCUT2D eigenvalue weighted by atomic mass is 16.3. The van der Waals surface area contributed by atoms with Crippen molar-refractivity contribution in [2.24, 2.45) is 0 Å². The van der Waals surface area contributed by atoms with Gasteiger partial charge in [0.05, 0.1) is 0 Å². The fraction of sp³-hybridized carbons (Fsp3) is 0.308. The summed E-state index contributed by atoms with van der Waals surface area (Å²) in [5, 5.41) is 26.1. The minimum Gasteiger partial charge on any atom is -0.396 e. The molecule has 0 amide bonds. The minimum absolute atomic E-state index is 0.256. The summed E-state index contributed by atoms with van der Waals surface area (Å²) in [5.74, 6) is 0. The molecule has 4 aromatic rings. The standard InChI is InChI=1S/C26H28O2/c27-13-5-3-7-19-11-12-20(8-4-6-14-28)26-18-24-16-22-10-2-1-9-21(22)15-23(24)17-25(19)26/h1-2,9-12,15-18,27-28H,3-8,13-14H2. The van der Waals surface area contributed by atoms with E-state index in [1.807, 2.05) is 0 Å². The zero-order valence-corrected chi connectivity index (χ0v) is 16.3. The van der Waals surface area contributed by atoms with Gasteiger partial charge in [0.2, 0.25) is 0 Å². The molecule has 0 aliphatic heterocycles. The summed E-state index contributed by atoms with van der Waals surface area (Å²) in [6.45, 7) is 0.512. The first-order valence-electron chi connectivity index (χ1n) is 10.4. The van der Waals surface area contributed by atoms with Crippen molar-refractivity contribution >= 4 is 32.3 Å². The second-order valence-electron chi connectivity index (χ2n) is 7.69. The molecular formula is C26H28O2. The summed E-state index contributed by atoms with van der Waals surface area (Å²) in [6.07, 6.45) is 5.69. The van der Waals surface area contributed by atoms with Gasteiger partial charge in [-0.25, -0.2) is 0 Å². The van der Waals surface area contributed by atoms with Crippen LogP contribution in [0.2, 0.25) is 0 Å². The lowest BCUT2D eigenvalue weighted by molar-refractivity contribution is 0.284. The van der Waals surface area contributed by atoms with Crippen molar-refractivity contribution in [3.8, 4) is 0 Å². The Labute approximate surface area is 166 Å². The van der Waals surface area contributed by atoms with Crippen molar-refractivity contribution < 1.29 is 10.2 Å². The monoisotopic (exact) mass is 372 g/mol. The molecule has 4 aromatic carbocycles. The zero-order valence-electron chi connectivity index (χ0n) is 16.3. The van der Waals surface area contributed by atoms with Gasteiger partial charge in [0.15, 0.2) is 0 Å². The quantitative estimate of drug-likeness (QED) is 0.304. The largest absolute Gasteiger partial charge is 0.396 e. The maximum atomic E-state index is 9.14. The van der Waals surface area contributed by atoms with Crippen LogP contribution in [0.25, 0.3) is 32.3 Å². The maximum absolute atomic E-state index is 9.14. The lowest BCUT2D eigenvalue weighted by Crippen LogP contribution is -1.95. The molecule has 0 aromatic heterocycles. The van der Waals surface area contributed by atoms with E-state index in [-0.39, 0.29) is 13.2 Å². The first-order chi connectivity index (χ1) is 13.8. The Kier molecular flexibility index (Phi) is 5.90. The molecule has 0 heterocycles. The molecule has 0 radical (unpaired) electrons. The molecule has 0 spiro atoms. The SMILES string of the molecule is OCCCCc1ccc(CCCCO)c2cc3cc4ccccc4cc3cc12. The fourth-order valence-electron chi connectivity index (χ4n) is 4.19. The van der Waals surface area contributed by atoms with Gasteiger partial charge in [0.25, 0.3) is 0 Å². The molecule has 4 rings (SSSR count). The van der Waals surface area contributed by atoms with Crippen LogP contribution in [0.5, 0.6) is 0 Å². The number of hydrogen-bond acceptors (Lipinski definition) is 2. The van der Waals surface area contributed by atoms with Crippen LogP contribution in [0, 0.1) is 0 Å². The number of benzene rings is 4. The Hall–Kier alpha value is -2.42. The summed E-state index contributed by atoms with van der Waals surface area (Å²) >= 11 is 0. The van der Waals surface area contributed by atoms with E-state index in [1.165, 1.54) is 43.4 Å². The Morgan fingerprint density at radius 1 is 0.500 bits per heavy atom. The average Bonchev–Trinajstić information content (AvgIpc) is 2.72. The van der Waals surface area contributed by atoms with E-state index < -0.39 is 0 Å². The van der Waals surface area contributed by atoms with Gasteiger partial charge in [-0.1, -0.05) is 36.4 Å². The van der Waals surface area contributed by atoms with E-state index in [9.17, 15) is 0 Å². The van der Waals surface area contributed by atoms with Crippen molar-refractivity contribution in [2.45, 2.75) is 38.5 Å². The number of unbranched alkanes of at least 4 members (excludes halogenated alkanes) is 2. The summed E-state index contributed by atoms with van der Waals surface area (Å²) in [5.41, 5.74) is 2.73. The van der Waals surface area contributed by atoms with Crippen molar-refractivity contribution in [3.05, 3.63) is 71.8 Å². The molecule has 0 aliphatic rings. The van der Waals surface area contributed by atoms with E-state index in [0.717, 1.165) is 38.5 Å². The van der Waals surface area contributed by atoms with Crippen LogP contribution < -0.4 is 0 Å². The molecule has 0 unspecified atom stereocenters. The minimum atomic E-state index is 0.256. The summed E-state index contributed by atoms with van der Waals surface area (Å²) in [6, 6.07) is 22.3. The van der Waals surface area contributed by atoms with E-state index in [4.69, 9.17) is 10.2 Å². The number of aliphatic hydroxyl groups excluding tert-OH is 2. The molecule has 2 N–H and O–H groups in total. The second kappa shape index (κ2) is 8.72. The Bertz CT molecular complexity index is 1010. The van der Waals surface area contributed by atoms with Gasteiger partial charge >= 0.3 is 0 Å². The van der Waals surface area contributed by atoms with Crippen molar-refractivity contribution in [2.75, 3.05) is 13.2 Å². The average molecular weight is 373 g/mol. The van der Waals surface area contributed by atoms with Crippen LogP contribution in [0.1, 0.15) is 36.8 Å². The smallest absolute Gasteiger partial charge is 0.0431 e. The topological polar surface area (TPSA) is 40.5 Å². The van der Waals surface area contributed by atoms with Gasteiger partial charge in [-0.05, 0) is 106 Å². The Morgan fingerprint density at radius 3 is 1.39 bits per heavy atom. The van der Waals surface area contributed by atoms with E-state index >= 15 is 0 Å². The molecule has 0 saturated heterocycles. The lowest BCUT2D eigenvalue weighted by Gasteiger charge is -2.14. The maximum Gasteiger partial charge on any atom is 0.0431 e. The van der Waals surface area contributed by atoms with Crippen LogP contribution in [-0.4, -0.2) is 23.4 Å². The highest BCUT2D eigenvalue weighted by Crippen LogP contribution is 2.32. The molecule has 0 atom stereocenters. The van der Waals surface area contributed by atoms with Crippen LogP contribution in [0.4, 0.5) is 0 Å². The van der Waals surface area contributed by atoms with Crippen LogP contribution in [0.3, 0.4) is 0 Å². The van der Waals surface area contributed by atoms with Crippen molar-refractivity contribution in [1.82, 2.24) is 0 Å². The molecule has 28 heavy (non-hydrogen) atoms. The van der Waals surface area contributed by atoms with Crippen molar-refractivity contribution in [3.63, 3.8) is 0 Å². The highest BCUT2D eigenvalue weighted by molar-refractivity contribution is 6.06. The molecule has 0 bridgehead atoms. The zero-order chi connectivity index (χ0) is 19.3. The third-order valence-electron chi connectivity index (χ3n) is 5.73. The van der Waals surface area contributed by atoms with Crippen LogP contribution in [0.15, 0.2) is 60.7 Å². The predicted octanol–water partition coefficient (Wildman–Crippen LogP) is 5.78. The van der Waals surface area contributed by atoms with E-state index in [2.05, 4.69) is 60.7 Å². The molecule has 0 fully saturated rings. The normalized spacial score (nSPS) is 11.6. The first kappa shape index (κ1) is 18.9. The third-order valence-corrected chi connectivity index (χ3v) is 5.73. The summed E-state index contributed by atoms with van der Waals surface area (Å²) in [4.78, 5) is 0. The number of aryl methyl sites for hydroxylation is 2. The number of hydrogen-bond donors (Lipinski definition) is 2. The molecule has 2 nitrogen and oxygen atoms in total. The molecule has 144 valence electrons. The van der Waals surface area contributed by atoms with E-state index in [0.29, 0.717) is 0 Å². The van der Waals surface area contributed by atoms with Gasteiger partial charge in [-0.2, -0.15) is 0 Å². The number of fused-ring (bicyclic) bond motifs is 3. The molecule has 2 heteroatoms. The number of rotatable bonds is 8. The third kappa shape index (κ3) is 3.89. The van der Waals surface area contributed by atoms with Gasteiger partial charge in [-0.15, -0.1) is 0 Å². The van der Waals surface area contributed by atoms with Crippen LogP contribution in [-0.2, 0) is 12.8 Å². The highest BCUT2D eigenvalue weighted by Gasteiger charge is 2.09. The summed E-state index contributed by atoms with van der Waals surface area (Å²) < 4.78 is 0. The predicted molar refractivity (Wildman–Crippen MR) is 119 cm³/mol. The van der Waals surface area contributed by atoms with Gasteiger partial charge in [0.1, 0.15) is 0 Å².